The molecule has 2 rings (SSSR count). The van der Waals surface area contributed by atoms with Crippen molar-refractivity contribution in [2.75, 3.05) is 20.3 Å². The van der Waals surface area contributed by atoms with Crippen LogP contribution in [0.15, 0.2) is 35.9 Å². The Bertz CT molecular complexity index is 941. The van der Waals surface area contributed by atoms with Crippen molar-refractivity contribution < 1.29 is 24.1 Å². The number of carboxylic acid groups (broad SMARTS) is 1. The smallest absolute Gasteiger partial charge is 0.346 e. The highest BCUT2D eigenvalue weighted by molar-refractivity contribution is 5.97. The Balaban J connectivity index is 2.17. The molecule has 0 heterocycles. The van der Waals surface area contributed by atoms with Crippen molar-refractivity contribution in [2.24, 2.45) is 0 Å². The van der Waals surface area contributed by atoms with Crippen molar-refractivity contribution in [3.8, 4) is 23.3 Å². The summed E-state index contributed by atoms with van der Waals surface area (Å²) in [5.41, 5.74) is 3.34. The normalized spacial score (nSPS) is 10.9. The number of nitriles is 1. The van der Waals surface area contributed by atoms with E-state index in [2.05, 4.69) is 6.07 Å². The van der Waals surface area contributed by atoms with Crippen LogP contribution in [0.2, 0.25) is 0 Å². The molecule has 0 fully saturated rings. The second kappa shape index (κ2) is 9.47. The van der Waals surface area contributed by atoms with Gasteiger partial charge < -0.3 is 19.3 Å². The third-order valence-corrected chi connectivity index (χ3v) is 4.33. The summed E-state index contributed by atoms with van der Waals surface area (Å²) in [5, 5.41) is 18.1. The Labute approximate surface area is 164 Å². The Morgan fingerprint density at radius 2 is 1.71 bits per heavy atom. The van der Waals surface area contributed by atoms with Crippen molar-refractivity contribution in [2.45, 2.75) is 20.8 Å². The minimum absolute atomic E-state index is 0.225. The van der Waals surface area contributed by atoms with Crippen LogP contribution in [0.1, 0.15) is 22.3 Å². The maximum atomic E-state index is 11.1. The maximum Gasteiger partial charge on any atom is 0.346 e. The predicted molar refractivity (Wildman–Crippen MR) is 106 cm³/mol. The highest BCUT2D eigenvalue weighted by atomic mass is 16.5. The lowest BCUT2D eigenvalue weighted by Gasteiger charge is -2.16. The van der Waals surface area contributed by atoms with Crippen molar-refractivity contribution in [3.63, 3.8) is 0 Å². The van der Waals surface area contributed by atoms with Crippen molar-refractivity contribution in [3.05, 3.63) is 58.2 Å². The summed E-state index contributed by atoms with van der Waals surface area (Å²) in [5.74, 6) is 0.339. The molecule has 0 amide bonds. The molecule has 0 bridgehead atoms. The molecule has 2 aromatic rings. The van der Waals surface area contributed by atoms with Gasteiger partial charge in [0.1, 0.15) is 30.6 Å². The number of hydrogen-bond acceptors (Lipinski definition) is 5. The number of para-hydroxylation sites is 1. The fraction of sp³-hybridized carbons (Fsp3) is 0.273. The summed E-state index contributed by atoms with van der Waals surface area (Å²) >= 11 is 0. The topological polar surface area (TPSA) is 88.8 Å². The van der Waals surface area contributed by atoms with Crippen LogP contribution >= 0.6 is 0 Å². The van der Waals surface area contributed by atoms with Gasteiger partial charge in [-0.1, -0.05) is 24.3 Å². The average Bonchev–Trinajstić information content (AvgIpc) is 2.68. The molecule has 6 nitrogen and oxygen atoms in total. The van der Waals surface area contributed by atoms with Gasteiger partial charge in [0, 0.05) is 5.56 Å². The lowest BCUT2D eigenvalue weighted by atomic mass is 10.1. The third kappa shape index (κ3) is 4.83. The molecule has 0 saturated carbocycles. The number of carboxylic acids is 1. The predicted octanol–water partition coefficient (Wildman–Crippen LogP) is 4.07. The second-order valence-corrected chi connectivity index (χ2v) is 6.20. The van der Waals surface area contributed by atoms with Gasteiger partial charge in [0.25, 0.3) is 0 Å². The van der Waals surface area contributed by atoms with Gasteiger partial charge in [0.15, 0.2) is 11.5 Å². The average molecular weight is 381 g/mol. The minimum atomic E-state index is -1.30. The van der Waals surface area contributed by atoms with Crippen LogP contribution in [0.3, 0.4) is 0 Å². The fourth-order valence-electron chi connectivity index (χ4n) is 2.69. The van der Waals surface area contributed by atoms with Gasteiger partial charge in [-0.05, 0) is 49.6 Å². The molecule has 2 aromatic carbocycles. The van der Waals surface area contributed by atoms with E-state index in [0.717, 1.165) is 22.4 Å². The Kier molecular flexibility index (Phi) is 7.05. The molecule has 0 aliphatic carbocycles. The molecule has 1 N–H and O–H groups in total. The first-order chi connectivity index (χ1) is 13.4. The summed E-state index contributed by atoms with van der Waals surface area (Å²) in [4.78, 5) is 11.1. The van der Waals surface area contributed by atoms with E-state index in [1.807, 2.05) is 26.8 Å². The van der Waals surface area contributed by atoms with E-state index in [1.165, 1.54) is 13.2 Å². The number of nitrogens with zero attached hydrogens (tertiary/aromatic N) is 1. The van der Waals surface area contributed by atoms with Gasteiger partial charge in [-0.25, -0.2) is 4.79 Å². The van der Waals surface area contributed by atoms with Crippen molar-refractivity contribution in [1.82, 2.24) is 0 Å². The molecular formula is C22H23NO5. The lowest BCUT2D eigenvalue weighted by Crippen LogP contribution is -2.12. The Morgan fingerprint density at radius 3 is 2.32 bits per heavy atom. The van der Waals surface area contributed by atoms with Gasteiger partial charge in [-0.15, -0.1) is 0 Å². The monoisotopic (exact) mass is 381 g/mol. The largest absolute Gasteiger partial charge is 0.493 e. The van der Waals surface area contributed by atoms with Crippen LogP contribution < -0.4 is 14.2 Å². The van der Waals surface area contributed by atoms with Gasteiger partial charge in [0.05, 0.1) is 7.11 Å². The third-order valence-electron chi connectivity index (χ3n) is 4.33. The number of ether oxygens (including phenoxy) is 3. The maximum absolute atomic E-state index is 11.1. The van der Waals surface area contributed by atoms with Crippen molar-refractivity contribution >= 4 is 12.0 Å². The van der Waals surface area contributed by atoms with Crippen LogP contribution in [-0.2, 0) is 4.79 Å². The first-order valence-electron chi connectivity index (χ1n) is 8.73. The van der Waals surface area contributed by atoms with E-state index < -0.39 is 5.97 Å². The summed E-state index contributed by atoms with van der Waals surface area (Å²) in [6.45, 7) is 6.55. The zero-order valence-electron chi connectivity index (χ0n) is 16.4. The standard InChI is InChI=1S/C22H23NO5/c1-14-8-9-15(2)20(16(14)3)27-10-11-28-21-17(6-5-7-19(21)26-4)12-18(13-23)22(24)25/h5-9,12H,10-11H2,1-4H3,(H,24,25). The number of carbonyl (C=O) groups is 1. The molecule has 0 aromatic heterocycles. The first-order valence-corrected chi connectivity index (χ1v) is 8.73. The molecule has 0 unspecified atom stereocenters. The lowest BCUT2D eigenvalue weighted by molar-refractivity contribution is -0.132. The van der Waals surface area contributed by atoms with Crippen LogP contribution in [0.25, 0.3) is 6.08 Å². The van der Waals surface area contributed by atoms with Gasteiger partial charge in [-0.2, -0.15) is 5.26 Å². The number of aryl methyl sites for hydroxylation is 2. The highest BCUT2D eigenvalue weighted by Crippen LogP contribution is 2.33. The minimum Gasteiger partial charge on any atom is -0.493 e. The van der Waals surface area contributed by atoms with E-state index in [4.69, 9.17) is 24.6 Å². The second-order valence-electron chi connectivity index (χ2n) is 6.20. The summed E-state index contributed by atoms with van der Waals surface area (Å²) in [7, 11) is 1.49. The van der Waals surface area contributed by atoms with Crippen LogP contribution in [0, 0.1) is 32.1 Å². The number of rotatable bonds is 8. The molecule has 0 saturated heterocycles. The van der Waals surface area contributed by atoms with E-state index in [1.54, 1.807) is 24.3 Å². The molecule has 0 atom stereocenters. The summed E-state index contributed by atoms with van der Waals surface area (Å²) < 4.78 is 17.0. The number of aliphatic carboxylic acids is 1. The molecule has 0 aliphatic heterocycles. The number of hydrogen-bond donors (Lipinski definition) is 1. The van der Waals surface area contributed by atoms with E-state index in [9.17, 15) is 4.79 Å². The van der Waals surface area contributed by atoms with Gasteiger partial charge >= 0.3 is 5.97 Å². The zero-order valence-corrected chi connectivity index (χ0v) is 16.4. The molecule has 0 spiro atoms. The highest BCUT2D eigenvalue weighted by Gasteiger charge is 2.13. The summed E-state index contributed by atoms with van der Waals surface area (Å²) in [6.07, 6.45) is 1.26. The van der Waals surface area contributed by atoms with Crippen LogP contribution in [0.4, 0.5) is 0 Å². The van der Waals surface area contributed by atoms with Gasteiger partial charge in [0.2, 0.25) is 0 Å². The Morgan fingerprint density at radius 1 is 1.07 bits per heavy atom. The SMILES string of the molecule is COc1cccc(C=C(C#N)C(=O)O)c1OCCOc1c(C)ccc(C)c1C. The molecule has 6 heteroatoms. The van der Waals surface area contributed by atoms with Crippen LogP contribution in [0.5, 0.6) is 17.2 Å². The Hall–Kier alpha value is -3.46. The molecular weight excluding hydrogens is 358 g/mol. The van der Waals surface area contributed by atoms with E-state index in [0.29, 0.717) is 23.7 Å². The molecule has 28 heavy (non-hydrogen) atoms. The fourth-order valence-corrected chi connectivity index (χ4v) is 2.69. The number of benzene rings is 2. The number of methoxy groups -OCH3 is 1. The molecule has 0 radical (unpaired) electrons. The van der Waals surface area contributed by atoms with E-state index in [-0.39, 0.29) is 12.2 Å². The molecule has 146 valence electrons. The first kappa shape index (κ1) is 20.8. The van der Waals surface area contributed by atoms with Crippen molar-refractivity contribution in [1.29, 1.82) is 5.26 Å². The van der Waals surface area contributed by atoms with Gasteiger partial charge in [-0.3, -0.25) is 0 Å². The zero-order chi connectivity index (χ0) is 20.7. The quantitative estimate of drug-likeness (QED) is 0.421. The van der Waals surface area contributed by atoms with Crippen LogP contribution in [-0.4, -0.2) is 31.4 Å². The molecule has 0 aliphatic rings. The summed E-state index contributed by atoms with van der Waals surface area (Å²) in [6, 6.07) is 10.8. The van der Waals surface area contributed by atoms with E-state index >= 15 is 0 Å².